The second-order valence-corrected chi connectivity index (χ2v) is 3.38. The lowest BCUT2D eigenvalue weighted by Gasteiger charge is -1.87. The van der Waals surface area contributed by atoms with Crippen molar-refractivity contribution in [3.05, 3.63) is 23.0 Å². The van der Waals surface area contributed by atoms with Crippen molar-refractivity contribution < 1.29 is 0 Å². The quantitative estimate of drug-likeness (QED) is 0.410. The fraction of sp³-hybridized carbons (Fsp3) is 0.500. The van der Waals surface area contributed by atoms with Gasteiger partial charge in [-0.3, -0.25) is 0 Å². The van der Waals surface area contributed by atoms with Crippen molar-refractivity contribution in [2.75, 3.05) is 0 Å². The predicted molar refractivity (Wildman–Crippen MR) is 47.5 cm³/mol. The van der Waals surface area contributed by atoms with Gasteiger partial charge in [0.05, 0.1) is 0 Å². The molecule has 0 aromatic rings. The van der Waals surface area contributed by atoms with Gasteiger partial charge < -0.3 is 0 Å². The average molecular weight is 142 g/mol. The van der Waals surface area contributed by atoms with E-state index in [1.165, 1.54) is 10.9 Å². The van der Waals surface area contributed by atoms with E-state index < -0.39 is 0 Å². The first-order valence-electron chi connectivity index (χ1n) is 3.18. The van der Waals surface area contributed by atoms with Crippen LogP contribution < -0.4 is 0 Å². The Bertz CT molecular complexity index is 108. The first-order chi connectivity index (χ1) is 4.13. The molecule has 1 unspecified atom stereocenters. The Labute approximate surface area is 60.2 Å². The maximum atomic E-state index is 2.67. The molecule has 0 aliphatic carbocycles. The molecule has 1 heteroatoms. The summed E-state index contributed by atoms with van der Waals surface area (Å²) in [5.41, 5.74) is 1.39. The third kappa shape index (κ3) is 7.91. The van der Waals surface area contributed by atoms with Crippen LogP contribution in [0.15, 0.2) is 23.0 Å². The van der Waals surface area contributed by atoms with E-state index in [4.69, 9.17) is 0 Å². The normalized spacial score (nSPS) is 11.3. The zero-order valence-electron chi connectivity index (χ0n) is 6.44. The minimum atomic E-state index is 1.07. The molecule has 0 spiro atoms. The Morgan fingerprint density at radius 2 is 1.78 bits per heavy atom. The number of rotatable bonds is 2. The van der Waals surface area contributed by atoms with Crippen molar-refractivity contribution in [1.29, 1.82) is 0 Å². The van der Waals surface area contributed by atoms with Gasteiger partial charge in [-0.2, -0.15) is 0 Å². The molecule has 1 atom stereocenters. The van der Waals surface area contributed by atoms with Gasteiger partial charge >= 0.3 is 0 Å². The molecule has 0 nitrogen and oxygen atoms in total. The van der Waals surface area contributed by atoms with Crippen molar-refractivity contribution in [3.8, 4) is 0 Å². The first kappa shape index (κ1) is 8.91. The SMILES string of the molecule is CC(C)=CC/C=C(/C)P. The van der Waals surface area contributed by atoms with Crippen LogP contribution in [0.3, 0.4) is 0 Å². The highest BCUT2D eigenvalue weighted by atomic mass is 31.0. The second kappa shape index (κ2) is 4.76. The molecule has 0 rings (SSSR count). The van der Waals surface area contributed by atoms with Crippen LogP contribution in [-0.4, -0.2) is 0 Å². The standard InChI is InChI=1S/C8H15P/c1-7(2)5-4-6-8(3)9/h5-6H,4,9H2,1-3H3/b8-6-. The van der Waals surface area contributed by atoms with E-state index in [0.717, 1.165) is 6.42 Å². The maximum absolute atomic E-state index is 2.67. The fourth-order valence-electron chi connectivity index (χ4n) is 0.481. The van der Waals surface area contributed by atoms with Crippen LogP contribution in [0.1, 0.15) is 27.2 Å². The lowest BCUT2D eigenvalue weighted by Crippen LogP contribution is -1.64. The molecular weight excluding hydrogens is 127 g/mol. The van der Waals surface area contributed by atoms with Gasteiger partial charge in [0.15, 0.2) is 0 Å². The highest BCUT2D eigenvalue weighted by molar-refractivity contribution is 7.22. The van der Waals surface area contributed by atoms with E-state index in [2.05, 4.69) is 42.2 Å². The largest absolute Gasteiger partial charge is 0.111 e. The van der Waals surface area contributed by atoms with Crippen molar-refractivity contribution >= 4 is 9.24 Å². The van der Waals surface area contributed by atoms with Gasteiger partial charge in [0.2, 0.25) is 0 Å². The van der Waals surface area contributed by atoms with E-state index in [1.54, 1.807) is 0 Å². The molecule has 52 valence electrons. The molecule has 0 bridgehead atoms. The summed E-state index contributed by atoms with van der Waals surface area (Å²) in [5.74, 6) is 0. The van der Waals surface area contributed by atoms with Crippen LogP contribution >= 0.6 is 9.24 Å². The Morgan fingerprint density at radius 3 is 2.11 bits per heavy atom. The third-order valence-corrected chi connectivity index (χ3v) is 1.20. The van der Waals surface area contributed by atoms with Gasteiger partial charge in [-0.25, -0.2) is 0 Å². The van der Waals surface area contributed by atoms with E-state index >= 15 is 0 Å². The van der Waals surface area contributed by atoms with Crippen LogP contribution in [-0.2, 0) is 0 Å². The zero-order chi connectivity index (χ0) is 7.28. The average Bonchev–Trinajstić information content (AvgIpc) is 1.63. The molecule has 0 aliphatic heterocycles. The maximum Gasteiger partial charge on any atom is -0.0161 e. The first-order valence-corrected chi connectivity index (χ1v) is 3.76. The van der Waals surface area contributed by atoms with Crippen LogP contribution in [0.25, 0.3) is 0 Å². The molecule has 0 aliphatic rings. The molecule has 0 radical (unpaired) electrons. The summed E-state index contributed by atoms with van der Waals surface area (Å²) in [5, 5.41) is 1.31. The number of hydrogen-bond acceptors (Lipinski definition) is 0. The van der Waals surface area contributed by atoms with Gasteiger partial charge in [0.1, 0.15) is 0 Å². The molecule has 0 aromatic carbocycles. The summed E-state index contributed by atoms with van der Waals surface area (Å²) < 4.78 is 0. The van der Waals surface area contributed by atoms with Crippen LogP contribution in [0.2, 0.25) is 0 Å². The Hall–Kier alpha value is -0.0900. The second-order valence-electron chi connectivity index (χ2n) is 2.47. The molecule has 0 saturated heterocycles. The van der Waals surface area contributed by atoms with E-state index in [9.17, 15) is 0 Å². The van der Waals surface area contributed by atoms with E-state index in [-0.39, 0.29) is 0 Å². The van der Waals surface area contributed by atoms with Gasteiger partial charge in [-0.05, 0) is 27.2 Å². The van der Waals surface area contributed by atoms with Gasteiger partial charge in [0.25, 0.3) is 0 Å². The highest BCUT2D eigenvalue weighted by Crippen LogP contribution is 2.04. The lowest BCUT2D eigenvalue weighted by atomic mass is 10.2. The van der Waals surface area contributed by atoms with Crippen molar-refractivity contribution in [1.82, 2.24) is 0 Å². The summed E-state index contributed by atoms with van der Waals surface area (Å²) in [7, 11) is 2.67. The van der Waals surface area contributed by atoms with E-state index in [0.29, 0.717) is 0 Å². The van der Waals surface area contributed by atoms with E-state index in [1.807, 2.05) is 0 Å². The molecule has 0 amide bonds. The lowest BCUT2D eigenvalue weighted by molar-refractivity contribution is 1.27. The van der Waals surface area contributed by atoms with Gasteiger partial charge in [0, 0.05) is 0 Å². The van der Waals surface area contributed by atoms with Crippen molar-refractivity contribution in [2.24, 2.45) is 0 Å². The molecule has 0 aromatic heterocycles. The van der Waals surface area contributed by atoms with Crippen LogP contribution in [0, 0.1) is 0 Å². The highest BCUT2D eigenvalue weighted by Gasteiger charge is 1.76. The number of hydrogen-bond donors (Lipinski definition) is 0. The zero-order valence-corrected chi connectivity index (χ0v) is 7.59. The van der Waals surface area contributed by atoms with Crippen molar-refractivity contribution in [2.45, 2.75) is 27.2 Å². The fourth-order valence-corrected chi connectivity index (χ4v) is 0.617. The van der Waals surface area contributed by atoms with Crippen molar-refractivity contribution in [3.63, 3.8) is 0 Å². The topological polar surface area (TPSA) is 0 Å². The molecular formula is C8H15P. The Kier molecular flexibility index (Phi) is 4.71. The molecule has 0 heterocycles. The van der Waals surface area contributed by atoms with Crippen LogP contribution in [0.4, 0.5) is 0 Å². The van der Waals surface area contributed by atoms with Gasteiger partial charge in [-0.15, -0.1) is 9.24 Å². The smallest absolute Gasteiger partial charge is 0.0161 e. The number of allylic oxidation sites excluding steroid dienone is 4. The third-order valence-electron chi connectivity index (χ3n) is 0.966. The van der Waals surface area contributed by atoms with Crippen LogP contribution in [0.5, 0.6) is 0 Å². The molecule has 0 fully saturated rings. The minimum Gasteiger partial charge on any atom is -0.111 e. The van der Waals surface area contributed by atoms with Gasteiger partial charge in [-0.1, -0.05) is 23.0 Å². The summed E-state index contributed by atoms with van der Waals surface area (Å²) in [6.45, 7) is 6.32. The predicted octanol–water partition coefficient (Wildman–Crippen LogP) is 3.12. The Balaban J connectivity index is 3.53. The minimum absolute atomic E-state index is 1.07. The molecule has 9 heavy (non-hydrogen) atoms. The molecule has 0 N–H and O–H groups in total. The molecule has 0 saturated carbocycles. The summed E-state index contributed by atoms with van der Waals surface area (Å²) in [4.78, 5) is 0. The summed E-state index contributed by atoms with van der Waals surface area (Å²) in [6, 6.07) is 0. The monoisotopic (exact) mass is 142 g/mol. The Morgan fingerprint density at radius 1 is 1.22 bits per heavy atom. The summed E-state index contributed by atoms with van der Waals surface area (Å²) in [6.07, 6.45) is 5.48. The summed E-state index contributed by atoms with van der Waals surface area (Å²) >= 11 is 0.